The molecule has 0 spiro atoms. The molecule has 4 aromatic rings. The van der Waals surface area contributed by atoms with E-state index >= 15 is 0 Å². The Kier molecular flexibility index (Phi) is 5.87. The van der Waals surface area contributed by atoms with Crippen LogP contribution in [0.1, 0.15) is 16.8 Å². The second-order valence-corrected chi connectivity index (χ2v) is 7.56. The summed E-state index contributed by atoms with van der Waals surface area (Å²) < 4.78 is 11.9. The molecule has 0 aliphatic carbocycles. The maximum atomic E-state index is 6.29. The second kappa shape index (κ2) is 8.89. The van der Waals surface area contributed by atoms with Gasteiger partial charge in [-0.05, 0) is 71.8 Å². The summed E-state index contributed by atoms with van der Waals surface area (Å²) in [7, 11) is 2.83. The minimum absolute atomic E-state index is 0.122. The Hall–Kier alpha value is -3.49. The van der Waals surface area contributed by atoms with Crippen LogP contribution in [0, 0.1) is 0 Å². The van der Waals surface area contributed by atoms with Crippen LogP contribution in [0.4, 0.5) is 11.4 Å². The topological polar surface area (TPSA) is 70.5 Å². The van der Waals surface area contributed by atoms with Crippen molar-refractivity contribution in [1.29, 1.82) is 0 Å². The summed E-state index contributed by atoms with van der Waals surface area (Å²) in [5.41, 5.74) is 15.6. The molecule has 0 saturated heterocycles. The van der Waals surface area contributed by atoms with Crippen molar-refractivity contribution in [3.05, 3.63) is 108 Å². The maximum absolute atomic E-state index is 6.29. The molecule has 0 aliphatic heterocycles. The number of hydrogen-bond donors (Lipinski definition) is 2. The summed E-state index contributed by atoms with van der Waals surface area (Å²) >= 11 is 0. The molecule has 0 radical (unpaired) electrons. The van der Waals surface area contributed by atoms with E-state index in [0.717, 1.165) is 22.6 Å². The summed E-state index contributed by atoms with van der Waals surface area (Å²) in [5, 5.41) is 0. The van der Waals surface area contributed by atoms with E-state index in [1.165, 1.54) is 0 Å². The van der Waals surface area contributed by atoms with Gasteiger partial charge in [0.1, 0.15) is 23.0 Å². The monoisotopic (exact) mass is 414 g/mol. The van der Waals surface area contributed by atoms with Crippen molar-refractivity contribution in [3.8, 4) is 23.0 Å². The van der Waals surface area contributed by atoms with Gasteiger partial charge in [0, 0.05) is 17.0 Å². The van der Waals surface area contributed by atoms with Crippen molar-refractivity contribution in [2.24, 2.45) is 0 Å². The van der Waals surface area contributed by atoms with Crippen molar-refractivity contribution >= 4 is 20.6 Å². The van der Waals surface area contributed by atoms with Gasteiger partial charge in [0.2, 0.25) is 0 Å². The smallest absolute Gasteiger partial charge is 0.127 e. The molecule has 4 N–H and O–H groups in total. The van der Waals surface area contributed by atoms with Gasteiger partial charge in [0.15, 0.2) is 0 Å². The van der Waals surface area contributed by atoms with Gasteiger partial charge in [0.05, 0.1) is 0 Å². The van der Waals surface area contributed by atoms with Gasteiger partial charge < -0.3 is 20.9 Å². The molecular formula is C25H23N2O2P. The molecule has 4 rings (SSSR count). The Morgan fingerprint density at radius 1 is 0.533 bits per heavy atom. The fraction of sp³-hybridized carbons (Fsp3) is 0.0400. The molecule has 4 aromatic carbocycles. The third kappa shape index (κ3) is 4.56. The summed E-state index contributed by atoms with van der Waals surface area (Å²) in [6.07, 6.45) is 0. The SMILES string of the molecule is Nc1ccc(Oc2ccccc2)cc1C(P)c1cc(Oc2ccccc2)ccc1N. The number of hydrogen-bond acceptors (Lipinski definition) is 4. The van der Waals surface area contributed by atoms with Gasteiger partial charge in [-0.3, -0.25) is 0 Å². The van der Waals surface area contributed by atoms with Gasteiger partial charge >= 0.3 is 0 Å². The maximum Gasteiger partial charge on any atom is 0.127 e. The molecule has 1 atom stereocenters. The zero-order valence-electron chi connectivity index (χ0n) is 16.4. The van der Waals surface area contributed by atoms with Gasteiger partial charge in [-0.25, -0.2) is 0 Å². The standard InChI is InChI=1S/C25H23N2O2P/c26-23-13-11-19(28-17-7-3-1-4-8-17)15-21(23)25(30)22-16-20(12-14-24(22)27)29-18-9-5-2-6-10-18/h1-16,25H,26-27,30H2. The van der Waals surface area contributed by atoms with Crippen LogP contribution in [-0.2, 0) is 0 Å². The number of ether oxygens (including phenoxy) is 2. The zero-order valence-corrected chi connectivity index (χ0v) is 17.5. The molecule has 0 fully saturated rings. The van der Waals surface area contributed by atoms with E-state index in [4.69, 9.17) is 20.9 Å². The van der Waals surface area contributed by atoms with Crippen LogP contribution in [0.25, 0.3) is 0 Å². The molecule has 5 heteroatoms. The Balaban J connectivity index is 1.63. The lowest BCUT2D eigenvalue weighted by Crippen LogP contribution is -2.03. The number of nitrogen functional groups attached to an aromatic ring is 2. The Morgan fingerprint density at radius 3 is 1.33 bits per heavy atom. The van der Waals surface area contributed by atoms with Crippen molar-refractivity contribution in [1.82, 2.24) is 0 Å². The van der Waals surface area contributed by atoms with Crippen LogP contribution in [0.5, 0.6) is 23.0 Å². The van der Waals surface area contributed by atoms with E-state index in [9.17, 15) is 0 Å². The van der Waals surface area contributed by atoms with Crippen molar-refractivity contribution < 1.29 is 9.47 Å². The lowest BCUT2D eigenvalue weighted by atomic mass is 10.0. The molecular weight excluding hydrogens is 391 g/mol. The highest BCUT2D eigenvalue weighted by atomic mass is 31.0. The van der Waals surface area contributed by atoms with E-state index in [1.54, 1.807) is 0 Å². The largest absolute Gasteiger partial charge is 0.457 e. The first-order chi connectivity index (χ1) is 14.6. The normalized spacial score (nSPS) is 10.7. The van der Waals surface area contributed by atoms with Crippen LogP contribution in [-0.4, -0.2) is 0 Å². The van der Waals surface area contributed by atoms with Gasteiger partial charge in [-0.15, -0.1) is 9.24 Å². The molecule has 0 aliphatic rings. The van der Waals surface area contributed by atoms with Crippen LogP contribution >= 0.6 is 9.24 Å². The number of nitrogens with two attached hydrogens (primary N) is 2. The molecule has 0 aromatic heterocycles. The van der Waals surface area contributed by atoms with Crippen molar-refractivity contribution in [2.75, 3.05) is 11.5 Å². The highest BCUT2D eigenvalue weighted by Crippen LogP contribution is 2.41. The average Bonchev–Trinajstić information content (AvgIpc) is 2.77. The quantitative estimate of drug-likeness (QED) is 0.283. The third-order valence-electron chi connectivity index (χ3n) is 4.74. The third-order valence-corrected chi connectivity index (χ3v) is 5.46. The van der Waals surface area contributed by atoms with Gasteiger partial charge in [0.25, 0.3) is 0 Å². The lowest BCUT2D eigenvalue weighted by Gasteiger charge is -2.19. The summed E-state index contributed by atoms with van der Waals surface area (Å²) in [4.78, 5) is 0. The Bertz CT molecular complexity index is 1040. The minimum Gasteiger partial charge on any atom is -0.457 e. The highest BCUT2D eigenvalue weighted by molar-refractivity contribution is 7.17. The number of anilines is 2. The fourth-order valence-corrected chi connectivity index (χ4v) is 3.77. The van der Waals surface area contributed by atoms with Crippen LogP contribution in [0.2, 0.25) is 0 Å². The molecule has 1 unspecified atom stereocenters. The minimum atomic E-state index is -0.122. The second-order valence-electron chi connectivity index (χ2n) is 6.89. The van der Waals surface area contributed by atoms with E-state index in [0.29, 0.717) is 22.9 Å². The zero-order chi connectivity index (χ0) is 20.9. The van der Waals surface area contributed by atoms with Crippen LogP contribution in [0.15, 0.2) is 97.1 Å². The Morgan fingerprint density at radius 2 is 0.933 bits per heavy atom. The highest BCUT2D eigenvalue weighted by Gasteiger charge is 2.17. The van der Waals surface area contributed by atoms with Crippen LogP contribution in [0.3, 0.4) is 0 Å². The van der Waals surface area contributed by atoms with Crippen LogP contribution < -0.4 is 20.9 Å². The van der Waals surface area contributed by atoms with Gasteiger partial charge in [-0.1, -0.05) is 36.4 Å². The number of benzene rings is 4. The predicted octanol–water partition coefficient (Wildman–Crippen LogP) is 6.40. The summed E-state index contributed by atoms with van der Waals surface area (Å²) in [6.45, 7) is 0. The molecule has 0 bridgehead atoms. The van der Waals surface area contributed by atoms with E-state index in [-0.39, 0.29) is 5.66 Å². The summed E-state index contributed by atoms with van der Waals surface area (Å²) in [6, 6.07) is 30.6. The molecule has 30 heavy (non-hydrogen) atoms. The van der Waals surface area contributed by atoms with Gasteiger partial charge in [-0.2, -0.15) is 0 Å². The van der Waals surface area contributed by atoms with E-state index in [2.05, 4.69) is 9.24 Å². The first kappa shape index (κ1) is 19.8. The number of para-hydroxylation sites is 2. The first-order valence-corrected chi connectivity index (χ1v) is 10.3. The average molecular weight is 414 g/mol. The van der Waals surface area contributed by atoms with Crippen molar-refractivity contribution in [3.63, 3.8) is 0 Å². The Labute approximate surface area is 178 Å². The molecule has 0 saturated carbocycles. The van der Waals surface area contributed by atoms with Crippen molar-refractivity contribution in [2.45, 2.75) is 5.66 Å². The lowest BCUT2D eigenvalue weighted by molar-refractivity contribution is 0.481. The fourth-order valence-electron chi connectivity index (χ4n) is 3.19. The predicted molar refractivity (Wildman–Crippen MR) is 126 cm³/mol. The molecule has 4 nitrogen and oxygen atoms in total. The summed E-state index contributed by atoms with van der Waals surface area (Å²) in [5.74, 6) is 2.97. The molecule has 0 heterocycles. The molecule has 150 valence electrons. The number of rotatable bonds is 6. The first-order valence-electron chi connectivity index (χ1n) is 9.60. The van der Waals surface area contributed by atoms with E-state index in [1.807, 2.05) is 97.1 Å². The van der Waals surface area contributed by atoms with E-state index < -0.39 is 0 Å². The molecule has 0 amide bonds.